The molecule has 0 amide bonds. The van der Waals surface area contributed by atoms with Crippen LogP contribution in [0, 0.1) is 6.33 Å². The van der Waals surface area contributed by atoms with Crippen molar-refractivity contribution in [2.24, 2.45) is 14.1 Å². The molecule has 107 valence electrons. The first kappa shape index (κ1) is 12.8. The van der Waals surface area contributed by atoms with Gasteiger partial charge in [0.05, 0.1) is 0 Å². The van der Waals surface area contributed by atoms with E-state index in [1.165, 1.54) is 14.1 Å². The number of H-pyrrole nitrogens is 1. The van der Waals surface area contributed by atoms with Gasteiger partial charge in [-0.25, -0.2) is 14.6 Å². The fourth-order valence-corrected chi connectivity index (χ4v) is 1.97. The first-order chi connectivity index (χ1) is 9.93. The molecule has 0 fully saturated rings. The molecule has 3 aromatic rings. The zero-order valence-corrected chi connectivity index (χ0v) is 11.0. The van der Waals surface area contributed by atoms with Crippen LogP contribution in [0.5, 0.6) is 0 Å². The summed E-state index contributed by atoms with van der Waals surface area (Å²) in [5.41, 5.74) is -2.74. The standard InChI is InChI=1S/C11H9N6O4/c1-14-6(18)3-4-16(10(14)20)17-9(19)7-8(13-5-12-7)15(2)11(17)21/h3-4H,1-2H3,(H,12,13). The molecule has 0 aliphatic rings. The third-order valence-electron chi connectivity index (χ3n) is 3.15. The predicted molar refractivity (Wildman–Crippen MR) is 71.2 cm³/mol. The van der Waals surface area contributed by atoms with Gasteiger partial charge in [0.25, 0.3) is 5.56 Å². The van der Waals surface area contributed by atoms with E-state index in [0.29, 0.717) is 4.68 Å². The molecule has 10 heteroatoms. The van der Waals surface area contributed by atoms with Crippen LogP contribution in [0.3, 0.4) is 0 Å². The molecule has 0 aliphatic carbocycles. The summed E-state index contributed by atoms with van der Waals surface area (Å²) in [7, 11) is 2.65. The molecule has 0 spiro atoms. The molecule has 0 atom stereocenters. The molecule has 1 N–H and O–H groups in total. The van der Waals surface area contributed by atoms with Crippen LogP contribution in [0.15, 0.2) is 31.4 Å². The lowest BCUT2D eigenvalue weighted by Gasteiger charge is -2.10. The Morgan fingerprint density at radius 1 is 1.10 bits per heavy atom. The number of aromatic nitrogens is 6. The van der Waals surface area contributed by atoms with Crippen molar-refractivity contribution in [2.75, 3.05) is 0 Å². The number of imidazole rings is 1. The maximum atomic E-state index is 12.3. The number of hydrogen-bond acceptors (Lipinski definition) is 5. The second kappa shape index (κ2) is 4.16. The first-order valence-electron chi connectivity index (χ1n) is 5.80. The molecule has 0 aliphatic heterocycles. The summed E-state index contributed by atoms with van der Waals surface area (Å²) in [4.78, 5) is 54.3. The molecule has 3 aromatic heterocycles. The van der Waals surface area contributed by atoms with E-state index in [1.54, 1.807) is 0 Å². The number of nitrogens with one attached hydrogen (secondary N) is 1. The summed E-state index contributed by atoms with van der Waals surface area (Å²) in [6.45, 7) is 0. The zero-order chi connectivity index (χ0) is 15.3. The smallest absolute Gasteiger partial charge is 0.329 e. The van der Waals surface area contributed by atoms with Crippen molar-refractivity contribution in [3.8, 4) is 0 Å². The van der Waals surface area contributed by atoms with Gasteiger partial charge in [0.1, 0.15) is 0 Å². The number of fused-ring (bicyclic) bond motifs is 1. The van der Waals surface area contributed by atoms with Crippen LogP contribution < -0.4 is 22.5 Å². The van der Waals surface area contributed by atoms with Gasteiger partial charge in [-0.15, -0.1) is 0 Å². The van der Waals surface area contributed by atoms with E-state index in [0.717, 1.165) is 26.1 Å². The average molecular weight is 289 g/mol. The normalized spacial score (nSPS) is 11.1. The van der Waals surface area contributed by atoms with Gasteiger partial charge >= 0.3 is 16.9 Å². The molecule has 0 unspecified atom stereocenters. The van der Waals surface area contributed by atoms with Crippen molar-refractivity contribution in [2.45, 2.75) is 0 Å². The van der Waals surface area contributed by atoms with E-state index < -0.39 is 22.5 Å². The summed E-state index contributed by atoms with van der Waals surface area (Å²) >= 11 is 0. The van der Waals surface area contributed by atoms with E-state index in [2.05, 4.69) is 16.3 Å². The van der Waals surface area contributed by atoms with Crippen molar-refractivity contribution in [1.82, 2.24) is 28.5 Å². The van der Waals surface area contributed by atoms with Crippen molar-refractivity contribution in [1.29, 1.82) is 0 Å². The van der Waals surface area contributed by atoms with Gasteiger partial charge in [0.15, 0.2) is 17.5 Å². The van der Waals surface area contributed by atoms with Gasteiger partial charge < -0.3 is 4.98 Å². The zero-order valence-electron chi connectivity index (χ0n) is 11.0. The number of hydrogen-bond donors (Lipinski definition) is 1. The van der Waals surface area contributed by atoms with Crippen LogP contribution in [-0.4, -0.2) is 28.5 Å². The molecule has 3 heterocycles. The second-order valence-electron chi connectivity index (χ2n) is 4.35. The third-order valence-corrected chi connectivity index (χ3v) is 3.15. The molecular weight excluding hydrogens is 280 g/mol. The maximum Gasteiger partial charge on any atom is 0.352 e. The number of nitrogens with zero attached hydrogens (tertiary/aromatic N) is 5. The summed E-state index contributed by atoms with van der Waals surface area (Å²) in [6.07, 6.45) is 3.44. The molecule has 0 aromatic carbocycles. The van der Waals surface area contributed by atoms with Crippen LogP contribution in [0.25, 0.3) is 11.2 Å². The largest absolute Gasteiger partial charge is 0.352 e. The first-order valence-corrected chi connectivity index (χ1v) is 5.80. The molecule has 0 saturated carbocycles. The van der Waals surface area contributed by atoms with E-state index in [-0.39, 0.29) is 11.2 Å². The SMILES string of the molecule is Cn1c(=O)ccn(-n2c(=O)c3[nH][c]nc3n(C)c2=O)c1=O. The van der Waals surface area contributed by atoms with Crippen molar-refractivity contribution in [3.63, 3.8) is 0 Å². The maximum absolute atomic E-state index is 12.3. The van der Waals surface area contributed by atoms with Gasteiger partial charge in [0.2, 0.25) is 0 Å². The Morgan fingerprint density at radius 3 is 2.52 bits per heavy atom. The Hall–Kier alpha value is -3.17. The molecule has 0 saturated heterocycles. The van der Waals surface area contributed by atoms with Crippen LogP contribution >= 0.6 is 0 Å². The number of rotatable bonds is 1. The van der Waals surface area contributed by atoms with Crippen LogP contribution in [0.4, 0.5) is 0 Å². The molecule has 3 rings (SSSR count). The summed E-state index contributed by atoms with van der Waals surface area (Å²) in [6, 6.07) is 1.08. The summed E-state index contributed by atoms with van der Waals surface area (Å²) in [5, 5.41) is 0. The highest BCUT2D eigenvalue weighted by Gasteiger charge is 2.16. The monoisotopic (exact) mass is 289 g/mol. The lowest BCUT2D eigenvalue weighted by Crippen LogP contribution is -2.50. The minimum Gasteiger partial charge on any atom is -0.329 e. The van der Waals surface area contributed by atoms with Crippen LogP contribution in [0.2, 0.25) is 0 Å². The molecule has 1 radical (unpaired) electrons. The third kappa shape index (κ3) is 1.62. The topological polar surface area (TPSA) is 117 Å². The molecule has 0 bridgehead atoms. The van der Waals surface area contributed by atoms with E-state index in [1.807, 2.05) is 0 Å². The van der Waals surface area contributed by atoms with E-state index in [9.17, 15) is 19.2 Å². The highest BCUT2D eigenvalue weighted by Crippen LogP contribution is 1.97. The van der Waals surface area contributed by atoms with Crippen molar-refractivity contribution in [3.05, 3.63) is 60.3 Å². The Labute approximate surface area is 115 Å². The van der Waals surface area contributed by atoms with Crippen molar-refractivity contribution >= 4 is 11.2 Å². The highest BCUT2D eigenvalue weighted by molar-refractivity contribution is 5.68. The van der Waals surface area contributed by atoms with Gasteiger partial charge in [-0.05, 0) is 0 Å². The van der Waals surface area contributed by atoms with Crippen molar-refractivity contribution < 1.29 is 0 Å². The quantitative estimate of drug-likeness (QED) is 0.527. The summed E-state index contributed by atoms with van der Waals surface area (Å²) in [5.74, 6) is 0. The minimum atomic E-state index is -0.815. The summed E-state index contributed by atoms with van der Waals surface area (Å²) < 4.78 is 3.28. The second-order valence-corrected chi connectivity index (χ2v) is 4.35. The lowest BCUT2D eigenvalue weighted by atomic mass is 10.5. The van der Waals surface area contributed by atoms with Gasteiger partial charge in [-0.2, -0.15) is 9.35 Å². The molecular formula is C11H9N6O4. The van der Waals surface area contributed by atoms with Gasteiger partial charge in [-0.3, -0.25) is 18.7 Å². The lowest BCUT2D eigenvalue weighted by molar-refractivity contribution is 0.511. The van der Waals surface area contributed by atoms with Crippen LogP contribution in [-0.2, 0) is 14.1 Å². The average Bonchev–Trinajstić information content (AvgIpc) is 2.95. The van der Waals surface area contributed by atoms with Gasteiger partial charge in [-0.1, -0.05) is 0 Å². The molecule has 21 heavy (non-hydrogen) atoms. The van der Waals surface area contributed by atoms with Crippen LogP contribution in [0.1, 0.15) is 0 Å². The Balaban J connectivity index is 2.56. The Kier molecular flexibility index (Phi) is 2.55. The fraction of sp³-hybridized carbons (Fsp3) is 0.182. The Morgan fingerprint density at radius 2 is 1.81 bits per heavy atom. The number of aromatic amines is 1. The molecule has 10 nitrogen and oxygen atoms in total. The predicted octanol–water partition coefficient (Wildman–Crippen LogP) is -2.60. The van der Waals surface area contributed by atoms with E-state index >= 15 is 0 Å². The van der Waals surface area contributed by atoms with E-state index in [4.69, 9.17) is 0 Å². The Bertz CT molecular complexity index is 1090. The van der Waals surface area contributed by atoms with Gasteiger partial charge in [0, 0.05) is 26.4 Å². The minimum absolute atomic E-state index is 0.0258. The fourth-order valence-electron chi connectivity index (χ4n) is 1.97. The highest BCUT2D eigenvalue weighted by atomic mass is 16.2. The number of aryl methyl sites for hydroxylation is 1.